The number of likely N-dealkylation sites (tertiary alicyclic amines) is 1. The summed E-state index contributed by atoms with van der Waals surface area (Å²) < 4.78 is 1.77. The fraction of sp³-hybridized carbons (Fsp3) is 0.600. The smallest absolute Gasteiger partial charge is 0.222 e. The van der Waals surface area contributed by atoms with Crippen LogP contribution in [-0.4, -0.2) is 50.2 Å². The van der Waals surface area contributed by atoms with Crippen LogP contribution in [-0.2, 0) is 18.3 Å². The van der Waals surface area contributed by atoms with Crippen molar-refractivity contribution in [1.29, 1.82) is 0 Å². The molecule has 0 unspecified atom stereocenters. The molecule has 3 heterocycles. The molecule has 0 radical (unpaired) electrons. The first-order valence-corrected chi connectivity index (χ1v) is 7.78. The largest absolute Gasteiger partial charge is 0.367 e. The van der Waals surface area contributed by atoms with Crippen molar-refractivity contribution in [2.75, 3.05) is 18.9 Å². The van der Waals surface area contributed by atoms with Crippen molar-refractivity contribution in [2.45, 2.75) is 38.6 Å². The third-order valence-electron chi connectivity index (χ3n) is 4.25. The lowest BCUT2D eigenvalue weighted by atomic mass is 10.2. The number of nitrogens with one attached hydrogen (secondary N) is 1. The summed E-state index contributed by atoms with van der Waals surface area (Å²) in [6.07, 6.45) is 5.17. The van der Waals surface area contributed by atoms with Crippen molar-refractivity contribution in [3.8, 4) is 0 Å². The highest BCUT2D eigenvalue weighted by Gasteiger charge is 2.27. The van der Waals surface area contributed by atoms with Gasteiger partial charge in [0, 0.05) is 39.5 Å². The van der Waals surface area contributed by atoms with Gasteiger partial charge in [0.2, 0.25) is 5.91 Å². The second-order valence-corrected chi connectivity index (χ2v) is 5.82. The Hall–Kier alpha value is -2.18. The van der Waals surface area contributed by atoms with Crippen LogP contribution in [0.25, 0.3) is 11.0 Å². The van der Waals surface area contributed by atoms with Crippen LogP contribution in [0, 0.1) is 0 Å². The summed E-state index contributed by atoms with van der Waals surface area (Å²) in [6, 6.07) is 0.226. The minimum absolute atomic E-state index is 0.215. The highest BCUT2D eigenvalue weighted by Crippen LogP contribution is 2.22. The quantitative estimate of drug-likeness (QED) is 0.902. The number of hydrogen-bond acceptors (Lipinski definition) is 5. The summed E-state index contributed by atoms with van der Waals surface area (Å²) in [5.41, 5.74) is 0.844. The number of rotatable bonds is 5. The van der Waals surface area contributed by atoms with Crippen molar-refractivity contribution >= 4 is 22.8 Å². The molecule has 3 rings (SSSR count). The van der Waals surface area contributed by atoms with E-state index in [9.17, 15) is 4.79 Å². The Morgan fingerprint density at radius 2 is 2.18 bits per heavy atom. The average molecular weight is 302 g/mol. The molecule has 7 nitrogen and oxygen atoms in total. The number of hydrogen-bond donors (Lipinski definition) is 1. The lowest BCUT2D eigenvalue weighted by Crippen LogP contribution is -2.34. The number of likely N-dealkylation sites (N-methyl/N-ethyl adjacent to an activating group) is 1. The van der Waals surface area contributed by atoms with Gasteiger partial charge in [-0.3, -0.25) is 9.48 Å². The molecule has 1 amide bonds. The first-order valence-electron chi connectivity index (χ1n) is 7.78. The molecule has 7 heteroatoms. The van der Waals surface area contributed by atoms with Crippen molar-refractivity contribution in [2.24, 2.45) is 7.05 Å². The SMILES string of the molecule is CCCc1nc(NC[C@@H]2CCC(=O)N2C)c2cnn(C)c2n1. The van der Waals surface area contributed by atoms with Gasteiger partial charge in [-0.1, -0.05) is 6.92 Å². The molecule has 1 aliphatic rings. The van der Waals surface area contributed by atoms with Crippen LogP contribution < -0.4 is 5.32 Å². The minimum atomic E-state index is 0.215. The van der Waals surface area contributed by atoms with Gasteiger partial charge < -0.3 is 10.2 Å². The first-order chi connectivity index (χ1) is 10.6. The van der Waals surface area contributed by atoms with Crippen molar-refractivity contribution < 1.29 is 4.79 Å². The molecule has 1 saturated heterocycles. The van der Waals surface area contributed by atoms with Crippen molar-refractivity contribution in [3.05, 3.63) is 12.0 Å². The molecule has 0 aromatic carbocycles. The molecule has 1 aliphatic heterocycles. The monoisotopic (exact) mass is 302 g/mol. The van der Waals surface area contributed by atoms with E-state index in [0.717, 1.165) is 41.9 Å². The summed E-state index contributed by atoms with van der Waals surface area (Å²) in [7, 11) is 3.75. The predicted octanol–water partition coefficient (Wildman–Crippen LogP) is 1.35. The molecule has 0 spiro atoms. The summed E-state index contributed by atoms with van der Waals surface area (Å²) in [5, 5.41) is 8.59. The van der Waals surface area contributed by atoms with Gasteiger partial charge in [0.05, 0.1) is 11.6 Å². The van der Waals surface area contributed by atoms with Gasteiger partial charge >= 0.3 is 0 Å². The molecule has 1 fully saturated rings. The van der Waals surface area contributed by atoms with Crippen LogP contribution in [0.3, 0.4) is 0 Å². The zero-order chi connectivity index (χ0) is 15.7. The molecule has 1 N–H and O–H groups in total. The Morgan fingerprint density at radius 3 is 2.86 bits per heavy atom. The number of nitrogens with zero attached hydrogens (tertiary/aromatic N) is 5. The van der Waals surface area contributed by atoms with E-state index >= 15 is 0 Å². The van der Waals surface area contributed by atoms with E-state index in [1.165, 1.54) is 0 Å². The molecule has 2 aromatic heterocycles. The fourth-order valence-corrected chi connectivity index (χ4v) is 2.85. The second-order valence-electron chi connectivity index (χ2n) is 5.82. The molecule has 0 bridgehead atoms. The molecule has 0 saturated carbocycles. The van der Waals surface area contributed by atoms with E-state index in [2.05, 4.69) is 27.3 Å². The third kappa shape index (κ3) is 2.63. The van der Waals surface area contributed by atoms with Crippen LogP contribution in [0.4, 0.5) is 5.82 Å². The van der Waals surface area contributed by atoms with Gasteiger partial charge in [-0.15, -0.1) is 0 Å². The lowest BCUT2D eigenvalue weighted by Gasteiger charge is -2.20. The second kappa shape index (κ2) is 5.90. The Kier molecular flexibility index (Phi) is 3.96. The molecule has 1 atom stereocenters. The number of carbonyl (C=O) groups excluding carboxylic acids is 1. The highest BCUT2D eigenvalue weighted by molar-refractivity contribution is 5.86. The zero-order valence-electron chi connectivity index (χ0n) is 13.3. The molecule has 22 heavy (non-hydrogen) atoms. The van der Waals surface area contributed by atoms with Crippen LogP contribution in [0.5, 0.6) is 0 Å². The zero-order valence-corrected chi connectivity index (χ0v) is 13.3. The van der Waals surface area contributed by atoms with Gasteiger partial charge in [-0.2, -0.15) is 5.10 Å². The third-order valence-corrected chi connectivity index (χ3v) is 4.25. The highest BCUT2D eigenvalue weighted by atomic mass is 16.2. The normalized spacial score (nSPS) is 18.4. The van der Waals surface area contributed by atoms with Crippen LogP contribution in [0.15, 0.2) is 6.20 Å². The van der Waals surface area contributed by atoms with Crippen LogP contribution >= 0.6 is 0 Å². The molecule has 0 aliphatic carbocycles. The lowest BCUT2D eigenvalue weighted by molar-refractivity contribution is -0.127. The van der Waals surface area contributed by atoms with E-state index in [1.807, 2.05) is 19.0 Å². The van der Waals surface area contributed by atoms with Crippen molar-refractivity contribution in [1.82, 2.24) is 24.6 Å². The van der Waals surface area contributed by atoms with E-state index in [1.54, 1.807) is 10.9 Å². The maximum Gasteiger partial charge on any atom is 0.222 e. The Bertz CT molecular complexity index is 695. The topological polar surface area (TPSA) is 75.9 Å². The molecular formula is C15H22N6O. The molecule has 2 aromatic rings. The Balaban J connectivity index is 1.84. The maximum absolute atomic E-state index is 11.6. The number of fused-ring (bicyclic) bond motifs is 1. The Labute approximate surface area is 129 Å². The maximum atomic E-state index is 11.6. The van der Waals surface area contributed by atoms with Crippen LogP contribution in [0.1, 0.15) is 32.0 Å². The van der Waals surface area contributed by atoms with E-state index in [4.69, 9.17) is 0 Å². The first kappa shape index (κ1) is 14.7. The summed E-state index contributed by atoms with van der Waals surface area (Å²) in [6.45, 7) is 2.82. The number of amides is 1. The average Bonchev–Trinajstić information content (AvgIpc) is 3.02. The summed E-state index contributed by atoms with van der Waals surface area (Å²) in [4.78, 5) is 22.6. The minimum Gasteiger partial charge on any atom is -0.367 e. The summed E-state index contributed by atoms with van der Waals surface area (Å²) >= 11 is 0. The molecular weight excluding hydrogens is 280 g/mol. The van der Waals surface area contributed by atoms with Gasteiger partial charge in [0.15, 0.2) is 5.65 Å². The fourth-order valence-electron chi connectivity index (χ4n) is 2.85. The number of aromatic nitrogens is 4. The van der Waals surface area contributed by atoms with Gasteiger partial charge in [-0.05, 0) is 12.8 Å². The van der Waals surface area contributed by atoms with Gasteiger partial charge in [-0.25, -0.2) is 9.97 Å². The number of anilines is 1. The van der Waals surface area contributed by atoms with E-state index < -0.39 is 0 Å². The predicted molar refractivity (Wildman–Crippen MR) is 84.6 cm³/mol. The van der Waals surface area contributed by atoms with Gasteiger partial charge in [0.25, 0.3) is 0 Å². The Morgan fingerprint density at radius 1 is 1.36 bits per heavy atom. The van der Waals surface area contributed by atoms with E-state index in [-0.39, 0.29) is 11.9 Å². The van der Waals surface area contributed by atoms with E-state index in [0.29, 0.717) is 13.0 Å². The summed E-state index contributed by atoms with van der Waals surface area (Å²) in [5.74, 6) is 1.86. The van der Waals surface area contributed by atoms with Gasteiger partial charge in [0.1, 0.15) is 11.6 Å². The standard InChI is InChI=1S/C15H22N6O/c1-4-5-12-18-14(11-9-17-21(3)15(11)19-12)16-8-10-6-7-13(22)20(10)2/h9-10H,4-8H2,1-3H3,(H,16,18,19)/t10-/m0/s1. The molecule has 118 valence electrons. The number of carbonyl (C=O) groups is 1. The van der Waals surface area contributed by atoms with Crippen LogP contribution in [0.2, 0.25) is 0 Å². The van der Waals surface area contributed by atoms with Crippen molar-refractivity contribution in [3.63, 3.8) is 0 Å². The number of aryl methyl sites for hydroxylation is 2.